The van der Waals surface area contributed by atoms with Gasteiger partial charge in [0, 0.05) is 5.56 Å². The van der Waals surface area contributed by atoms with E-state index in [-0.39, 0.29) is 5.82 Å². The maximum absolute atomic E-state index is 13.2. The molecule has 1 aromatic carbocycles. The quantitative estimate of drug-likeness (QED) is 0.806. The van der Waals surface area contributed by atoms with Crippen molar-refractivity contribution in [1.29, 1.82) is 0 Å². The minimum Gasteiger partial charge on any atom is -0.494 e. The van der Waals surface area contributed by atoms with Gasteiger partial charge in [0.05, 0.1) is 12.7 Å². The summed E-state index contributed by atoms with van der Waals surface area (Å²) >= 11 is 0. The molecule has 0 aliphatic rings. The molecule has 78 valence electrons. The monoisotopic (exact) mass is 198 g/mol. The predicted octanol–water partition coefficient (Wildman–Crippen LogP) is 2.67. The Morgan fingerprint density at radius 1 is 1.43 bits per heavy atom. The van der Waals surface area contributed by atoms with Crippen LogP contribution in [0.15, 0.2) is 18.2 Å². The van der Waals surface area contributed by atoms with E-state index in [4.69, 9.17) is 4.74 Å². The molecule has 2 nitrogen and oxygen atoms in total. The Labute approximate surface area is 83.3 Å². The van der Waals surface area contributed by atoms with Crippen molar-refractivity contribution in [2.75, 3.05) is 6.61 Å². The van der Waals surface area contributed by atoms with Gasteiger partial charge in [-0.3, -0.25) is 0 Å². The normalized spacial score (nSPS) is 12.6. The summed E-state index contributed by atoms with van der Waals surface area (Å²) in [6.07, 6.45) is -0.262. The lowest BCUT2D eigenvalue weighted by Gasteiger charge is -2.11. The lowest BCUT2D eigenvalue weighted by Crippen LogP contribution is -2.00. The molecular weight excluding hydrogens is 183 g/mol. The van der Waals surface area contributed by atoms with Crippen LogP contribution in [0, 0.1) is 5.82 Å². The molecule has 0 aliphatic carbocycles. The van der Waals surface area contributed by atoms with Gasteiger partial charge in [0.25, 0.3) is 0 Å². The van der Waals surface area contributed by atoms with Gasteiger partial charge >= 0.3 is 0 Å². The Kier molecular flexibility index (Phi) is 3.89. The smallest absolute Gasteiger partial charge is 0.129 e. The second-order valence-electron chi connectivity index (χ2n) is 3.04. The van der Waals surface area contributed by atoms with E-state index in [2.05, 4.69) is 0 Å². The van der Waals surface area contributed by atoms with Gasteiger partial charge in [0.15, 0.2) is 0 Å². The van der Waals surface area contributed by atoms with Gasteiger partial charge in [-0.1, -0.05) is 6.92 Å². The first kappa shape index (κ1) is 11.0. The van der Waals surface area contributed by atoms with Gasteiger partial charge < -0.3 is 9.84 Å². The summed E-state index contributed by atoms with van der Waals surface area (Å²) in [4.78, 5) is 0. The molecule has 0 radical (unpaired) electrons. The van der Waals surface area contributed by atoms with E-state index >= 15 is 0 Å². The summed E-state index contributed by atoms with van der Waals surface area (Å²) in [5.74, 6) is 0.208. The fourth-order valence-corrected chi connectivity index (χ4v) is 1.25. The van der Waals surface area contributed by atoms with E-state index in [0.717, 1.165) is 0 Å². The van der Waals surface area contributed by atoms with Crippen LogP contribution in [0.5, 0.6) is 5.75 Å². The standard InChI is InChI=1S/C11H15FO2/c1-3-11(13)9-7-8(14-4-2)5-6-10(9)12/h5-7,11,13H,3-4H2,1-2H3. The fourth-order valence-electron chi connectivity index (χ4n) is 1.25. The summed E-state index contributed by atoms with van der Waals surface area (Å²) in [6.45, 7) is 4.20. The van der Waals surface area contributed by atoms with Crippen LogP contribution < -0.4 is 4.74 Å². The predicted molar refractivity (Wildman–Crippen MR) is 52.8 cm³/mol. The van der Waals surface area contributed by atoms with Crippen LogP contribution >= 0.6 is 0 Å². The molecule has 0 spiro atoms. The molecule has 0 saturated carbocycles. The second-order valence-corrected chi connectivity index (χ2v) is 3.04. The van der Waals surface area contributed by atoms with Crippen molar-refractivity contribution in [3.63, 3.8) is 0 Å². The molecule has 0 saturated heterocycles. The lowest BCUT2D eigenvalue weighted by molar-refractivity contribution is 0.168. The molecule has 0 fully saturated rings. The van der Waals surface area contributed by atoms with E-state index < -0.39 is 6.10 Å². The van der Waals surface area contributed by atoms with Gasteiger partial charge in [-0.15, -0.1) is 0 Å². The highest BCUT2D eigenvalue weighted by molar-refractivity contribution is 5.31. The van der Waals surface area contributed by atoms with Gasteiger partial charge in [-0.05, 0) is 31.5 Å². The van der Waals surface area contributed by atoms with Gasteiger partial charge in [-0.25, -0.2) is 4.39 Å². The van der Waals surface area contributed by atoms with Gasteiger partial charge in [0.1, 0.15) is 11.6 Å². The topological polar surface area (TPSA) is 29.5 Å². The van der Waals surface area contributed by atoms with E-state index in [0.29, 0.717) is 24.3 Å². The number of hydrogen-bond donors (Lipinski definition) is 1. The Morgan fingerprint density at radius 3 is 2.71 bits per heavy atom. The number of aliphatic hydroxyl groups is 1. The first-order valence-corrected chi connectivity index (χ1v) is 4.79. The SMILES string of the molecule is CCOc1ccc(F)c(C(O)CC)c1. The zero-order chi connectivity index (χ0) is 10.6. The highest BCUT2D eigenvalue weighted by Gasteiger charge is 2.11. The molecular formula is C11H15FO2. The number of aliphatic hydroxyl groups excluding tert-OH is 1. The molecule has 0 aliphatic heterocycles. The minimum absolute atomic E-state index is 0.304. The molecule has 3 heteroatoms. The summed E-state index contributed by atoms with van der Waals surface area (Å²) in [5.41, 5.74) is 0.304. The van der Waals surface area contributed by atoms with Gasteiger partial charge in [0.2, 0.25) is 0 Å². The number of benzene rings is 1. The Morgan fingerprint density at radius 2 is 2.14 bits per heavy atom. The summed E-state index contributed by atoms with van der Waals surface area (Å²) in [6, 6.07) is 4.43. The largest absolute Gasteiger partial charge is 0.494 e. The average Bonchev–Trinajstić information content (AvgIpc) is 2.20. The maximum Gasteiger partial charge on any atom is 0.129 e. The van der Waals surface area contributed by atoms with Crippen molar-refractivity contribution in [3.8, 4) is 5.75 Å². The Balaban J connectivity index is 2.95. The second kappa shape index (κ2) is 4.96. The van der Waals surface area contributed by atoms with E-state index in [1.807, 2.05) is 6.92 Å². The van der Waals surface area contributed by atoms with Crippen LogP contribution in [0.2, 0.25) is 0 Å². The third-order valence-corrected chi connectivity index (χ3v) is 2.02. The zero-order valence-electron chi connectivity index (χ0n) is 8.46. The van der Waals surface area contributed by atoms with E-state index in [9.17, 15) is 9.50 Å². The third kappa shape index (κ3) is 2.45. The van der Waals surface area contributed by atoms with Crippen LogP contribution in [0.3, 0.4) is 0 Å². The molecule has 1 unspecified atom stereocenters. The third-order valence-electron chi connectivity index (χ3n) is 2.02. The summed E-state index contributed by atoms with van der Waals surface area (Å²) in [7, 11) is 0. The fraction of sp³-hybridized carbons (Fsp3) is 0.455. The Bertz CT molecular complexity index is 299. The first-order valence-electron chi connectivity index (χ1n) is 4.79. The van der Waals surface area contributed by atoms with Crippen molar-refractivity contribution >= 4 is 0 Å². The van der Waals surface area contributed by atoms with Crippen molar-refractivity contribution < 1.29 is 14.2 Å². The maximum atomic E-state index is 13.2. The van der Waals surface area contributed by atoms with Crippen LogP contribution in [0.25, 0.3) is 0 Å². The summed E-state index contributed by atoms with van der Waals surface area (Å²) < 4.78 is 18.5. The Hall–Kier alpha value is -1.09. The van der Waals surface area contributed by atoms with Gasteiger partial charge in [-0.2, -0.15) is 0 Å². The average molecular weight is 198 g/mol. The molecule has 1 N–H and O–H groups in total. The molecule has 0 heterocycles. The number of hydrogen-bond acceptors (Lipinski definition) is 2. The molecule has 0 bridgehead atoms. The highest BCUT2D eigenvalue weighted by Crippen LogP contribution is 2.24. The summed E-state index contributed by atoms with van der Waals surface area (Å²) in [5, 5.41) is 9.51. The lowest BCUT2D eigenvalue weighted by atomic mass is 10.1. The van der Waals surface area contributed by atoms with Crippen LogP contribution in [-0.2, 0) is 0 Å². The van der Waals surface area contributed by atoms with Crippen LogP contribution in [0.4, 0.5) is 4.39 Å². The zero-order valence-corrected chi connectivity index (χ0v) is 8.46. The molecule has 1 atom stereocenters. The van der Waals surface area contributed by atoms with Crippen molar-refractivity contribution in [1.82, 2.24) is 0 Å². The van der Waals surface area contributed by atoms with Crippen molar-refractivity contribution in [3.05, 3.63) is 29.6 Å². The molecule has 0 amide bonds. The van der Waals surface area contributed by atoms with Crippen LogP contribution in [0.1, 0.15) is 31.9 Å². The molecule has 14 heavy (non-hydrogen) atoms. The molecule has 1 rings (SSSR count). The van der Waals surface area contributed by atoms with E-state index in [1.54, 1.807) is 19.1 Å². The molecule has 1 aromatic rings. The highest BCUT2D eigenvalue weighted by atomic mass is 19.1. The van der Waals surface area contributed by atoms with Crippen molar-refractivity contribution in [2.24, 2.45) is 0 Å². The number of rotatable bonds is 4. The van der Waals surface area contributed by atoms with E-state index in [1.165, 1.54) is 6.07 Å². The number of ether oxygens (including phenoxy) is 1. The first-order chi connectivity index (χ1) is 6.69. The molecule has 0 aromatic heterocycles. The number of halogens is 1. The van der Waals surface area contributed by atoms with Crippen molar-refractivity contribution in [2.45, 2.75) is 26.4 Å². The van der Waals surface area contributed by atoms with Crippen LogP contribution in [-0.4, -0.2) is 11.7 Å². The minimum atomic E-state index is -0.754.